The number of esters is 2. The number of carbonyl (C=O) groups is 3. The third-order valence-electron chi connectivity index (χ3n) is 12.0. The van der Waals surface area contributed by atoms with Crippen molar-refractivity contribution in [1.82, 2.24) is 0 Å². The van der Waals surface area contributed by atoms with Gasteiger partial charge in [0.05, 0.1) is 23.9 Å². The van der Waals surface area contributed by atoms with Crippen molar-refractivity contribution in [3.05, 3.63) is 0 Å². The highest BCUT2D eigenvalue weighted by Crippen LogP contribution is 2.60. The number of hydrogen-bond donors (Lipinski definition) is 1. The van der Waals surface area contributed by atoms with Gasteiger partial charge in [0.15, 0.2) is 5.78 Å². The fourth-order valence-corrected chi connectivity index (χ4v) is 9.59. The van der Waals surface area contributed by atoms with Crippen molar-refractivity contribution < 1.29 is 38.4 Å². The zero-order valence-corrected chi connectivity index (χ0v) is 27.8. The number of carbonyl (C=O) groups excluding carboxylic acids is 3. The molecule has 8 nitrogen and oxygen atoms in total. The molecule has 8 heteroatoms. The Kier molecular flexibility index (Phi) is 8.85. The SMILES string of the molecule is CC(=O)OC1(C)CCC2OC(C)(C)C(=O)CCC2(C)C1CCC1C(C)(OC(C)=O)CCC2OC(C)(C)C(O)CCC21C. The molecule has 0 spiro atoms. The molecule has 0 aromatic rings. The number of aliphatic hydroxyl groups is 1. The van der Waals surface area contributed by atoms with E-state index in [1.165, 1.54) is 13.8 Å². The Morgan fingerprint density at radius 1 is 0.738 bits per heavy atom. The van der Waals surface area contributed by atoms with Crippen LogP contribution < -0.4 is 0 Å². The molecular weight excluding hydrogens is 536 g/mol. The summed E-state index contributed by atoms with van der Waals surface area (Å²) in [4.78, 5) is 38.0. The summed E-state index contributed by atoms with van der Waals surface area (Å²) >= 11 is 0. The number of aliphatic hydroxyl groups excluding tert-OH is 1. The predicted octanol–water partition coefficient (Wildman–Crippen LogP) is 6.09. The van der Waals surface area contributed by atoms with Crippen molar-refractivity contribution in [2.75, 3.05) is 0 Å². The summed E-state index contributed by atoms with van der Waals surface area (Å²) < 4.78 is 25.6. The van der Waals surface area contributed by atoms with Gasteiger partial charge in [-0.05, 0) is 99.3 Å². The first kappa shape index (κ1) is 33.4. The molecule has 0 amide bonds. The molecule has 42 heavy (non-hydrogen) atoms. The van der Waals surface area contributed by atoms with E-state index in [9.17, 15) is 19.5 Å². The maximum atomic E-state index is 13.1. The Labute approximate surface area is 252 Å². The van der Waals surface area contributed by atoms with Crippen LogP contribution >= 0.6 is 0 Å². The Morgan fingerprint density at radius 2 is 1.19 bits per heavy atom. The zero-order chi connectivity index (χ0) is 31.5. The Balaban J connectivity index is 1.74. The fourth-order valence-electron chi connectivity index (χ4n) is 9.59. The largest absolute Gasteiger partial charge is 0.459 e. The summed E-state index contributed by atoms with van der Waals surface area (Å²) in [6.07, 6.45) is 5.82. The maximum Gasteiger partial charge on any atom is 0.303 e. The predicted molar refractivity (Wildman–Crippen MR) is 159 cm³/mol. The minimum Gasteiger partial charge on any atom is -0.459 e. The average Bonchev–Trinajstić information content (AvgIpc) is 3.00. The van der Waals surface area contributed by atoms with Crippen molar-refractivity contribution in [3.63, 3.8) is 0 Å². The highest BCUT2D eigenvalue weighted by Gasteiger charge is 2.61. The van der Waals surface area contributed by atoms with Crippen molar-refractivity contribution in [2.24, 2.45) is 22.7 Å². The lowest BCUT2D eigenvalue weighted by molar-refractivity contribution is -0.226. The standard InChI is InChI=1S/C34H56O8/c1-21(35)39-33(9)19-15-27-31(7,17-13-25(37)29(3,4)41-27)23(33)11-12-24-32(8)18-14-26(38)30(5,6)42-28(32)16-20-34(24,10)40-22(2)36/h23-25,27-28,37H,11-20H2,1-10H3. The van der Waals surface area contributed by atoms with Crippen molar-refractivity contribution in [1.29, 1.82) is 0 Å². The van der Waals surface area contributed by atoms with E-state index in [1.54, 1.807) is 0 Å². The summed E-state index contributed by atoms with van der Waals surface area (Å²) in [5, 5.41) is 11.0. The third kappa shape index (κ3) is 5.93. The lowest BCUT2D eigenvalue weighted by Crippen LogP contribution is -2.60. The number of ketones is 1. The monoisotopic (exact) mass is 592 g/mol. The van der Waals surface area contributed by atoms with Crippen LogP contribution in [0.25, 0.3) is 0 Å². The molecule has 4 fully saturated rings. The Hall–Kier alpha value is -1.51. The summed E-state index contributed by atoms with van der Waals surface area (Å²) in [5.41, 5.74) is -3.69. The Bertz CT molecular complexity index is 1070. The molecule has 2 aliphatic carbocycles. The van der Waals surface area contributed by atoms with Crippen molar-refractivity contribution in [2.45, 2.75) is 174 Å². The number of fused-ring (bicyclic) bond motifs is 2. The maximum absolute atomic E-state index is 13.1. The van der Waals surface area contributed by atoms with Gasteiger partial charge in [-0.1, -0.05) is 13.8 Å². The second-order valence-corrected chi connectivity index (χ2v) is 15.9. The van der Waals surface area contributed by atoms with Crippen LogP contribution in [0.1, 0.15) is 133 Å². The molecular formula is C34H56O8. The van der Waals surface area contributed by atoms with Crippen LogP contribution in [0.3, 0.4) is 0 Å². The first-order valence-electron chi connectivity index (χ1n) is 16.1. The molecule has 0 radical (unpaired) electrons. The molecule has 9 atom stereocenters. The number of ether oxygens (including phenoxy) is 4. The van der Waals surface area contributed by atoms with Crippen LogP contribution in [0.15, 0.2) is 0 Å². The van der Waals surface area contributed by atoms with Gasteiger partial charge in [-0.3, -0.25) is 14.4 Å². The van der Waals surface area contributed by atoms with Crippen LogP contribution in [0.4, 0.5) is 0 Å². The molecule has 2 aliphatic heterocycles. The molecule has 0 bridgehead atoms. The van der Waals surface area contributed by atoms with E-state index in [1.807, 2.05) is 34.6 Å². The zero-order valence-electron chi connectivity index (χ0n) is 27.8. The summed E-state index contributed by atoms with van der Waals surface area (Å²) in [7, 11) is 0. The van der Waals surface area contributed by atoms with Gasteiger partial charge < -0.3 is 24.1 Å². The molecule has 0 aromatic heterocycles. The smallest absolute Gasteiger partial charge is 0.303 e. The Morgan fingerprint density at radius 3 is 1.67 bits per heavy atom. The van der Waals surface area contributed by atoms with E-state index in [4.69, 9.17) is 18.9 Å². The first-order chi connectivity index (χ1) is 19.2. The van der Waals surface area contributed by atoms with E-state index in [0.29, 0.717) is 44.9 Å². The molecule has 9 unspecified atom stereocenters. The second-order valence-electron chi connectivity index (χ2n) is 15.9. The summed E-state index contributed by atoms with van der Waals surface area (Å²) in [6, 6.07) is 0. The molecule has 2 saturated heterocycles. The van der Waals surface area contributed by atoms with E-state index >= 15 is 0 Å². The van der Waals surface area contributed by atoms with E-state index in [0.717, 1.165) is 19.3 Å². The topological polar surface area (TPSA) is 108 Å². The fraction of sp³-hybridized carbons (Fsp3) is 0.912. The van der Waals surface area contributed by atoms with Gasteiger partial charge >= 0.3 is 11.9 Å². The highest BCUT2D eigenvalue weighted by molar-refractivity contribution is 5.86. The second kappa shape index (κ2) is 11.1. The van der Waals surface area contributed by atoms with Gasteiger partial charge in [-0.15, -0.1) is 0 Å². The van der Waals surface area contributed by atoms with Crippen LogP contribution in [0, 0.1) is 22.7 Å². The molecule has 0 aromatic carbocycles. The third-order valence-corrected chi connectivity index (χ3v) is 12.0. The van der Waals surface area contributed by atoms with Gasteiger partial charge in [0.2, 0.25) is 0 Å². The molecule has 240 valence electrons. The quantitative estimate of drug-likeness (QED) is 0.382. The van der Waals surface area contributed by atoms with Gasteiger partial charge in [-0.2, -0.15) is 0 Å². The molecule has 4 aliphatic rings. The lowest BCUT2D eigenvalue weighted by atomic mass is 9.53. The van der Waals surface area contributed by atoms with Gasteiger partial charge in [0.1, 0.15) is 16.8 Å². The molecule has 2 saturated carbocycles. The summed E-state index contributed by atoms with van der Waals surface area (Å²) in [5.74, 6) is -0.629. The van der Waals surface area contributed by atoms with E-state index in [2.05, 4.69) is 20.8 Å². The molecule has 1 N–H and O–H groups in total. The number of rotatable bonds is 5. The van der Waals surface area contributed by atoms with Gasteiger partial charge in [0.25, 0.3) is 0 Å². The van der Waals surface area contributed by atoms with Crippen LogP contribution in [-0.2, 0) is 33.3 Å². The van der Waals surface area contributed by atoms with E-state index in [-0.39, 0.29) is 47.2 Å². The average molecular weight is 593 g/mol. The first-order valence-corrected chi connectivity index (χ1v) is 16.1. The van der Waals surface area contributed by atoms with Gasteiger partial charge in [0, 0.05) is 42.9 Å². The summed E-state index contributed by atoms with van der Waals surface area (Å²) in [6.45, 7) is 19.1. The van der Waals surface area contributed by atoms with Gasteiger partial charge in [-0.25, -0.2) is 0 Å². The van der Waals surface area contributed by atoms with Crippen LogP contribution in [-0.4, -0.2) is 63.5 Å². The van der Waals surface area contributed by atoms with Crippen LogP contribution in [0.5, 0.6) is 0 Å². The molecule has 2 heterocycles. The molecule has 4 rings (SSSR count). The minimum atomic E-state index is -0.856. The van der Waals surface area contributed by atoms with Crippen molar-refractivity contribution >= 4 is 17.7 Å². The number of hydrogen-bond acceptors (Lipinski definition) is 8. The number of Topliss-reactive ketones (excluding diaryl/α,β-unsaturated/α-hetero) is 1. The minimum absolute atomic E-state index is 0.0518. The van der Waals surface area contributed by atoms with E-state index < -0.39 is 33.9 Å². The lowest BCUT2D eigenvalue weighted by Gasteiger charge is -2.58. The highest BCUT2D eigenvalue weighted by atomic mass is 16.6. The normalized spacial score (nSPS) is 45.0. The van der Waals surface area contributed by atoms with Crippen molar-refractivity contribution in [3.8, 4) is 0 Å². The van der Waals surface area contributed by atoms with Crippen LogP contribution in [0.2, 0.25) is 0 Å².